The van der Waals surface area contributed by atoms with E-state index in [1.54, 1.807) is 0 Å². The van der Waals surface area contributed by atoms with E-state index in [4.69, 9.17) is 16.6 Å². The molecule has 0 atom stereocenters. The van der Waals surface area contributed by atoms with Crippen LogP contribution in [0.5, 0.6) is 0 Å². The van der Waals surface area contributed by atoms with E-state index in [-0.39, 0.29) is 17.4 Å². The summed E-state index contributed by atoms with van der Waals surface area (Å²) < 4.78 is 6.79. The molecule has 0 aliphatic rings. The van der Waals surface area contributed by atoms with Crippen molar-refractivity contribution in [1.82, 2.24) is 10.3 Å². The third-order valence-corrected chi connectivity index (χ3v) is 4.87. The molecule has 29 heavy (non-hydrogen) atoms. The highest BCUT2D eigenvalue weighted by molar-refractivity contribution is 9.10. The third kappa shape index (κ3) is 4.88. The molecule has 7 heteroatoms. The second kappa shape index (κ2) is 8.55. The Morgan fingerprint density at radius 1 is 1.03 bits per heavy atom. The van der Waals surface area contributed by atoms with Crippen LogP contribution in [0.1, 0.15) is 5.56 Å². The van der Waals surface area contributed by atoms with E-state index in [0.29, 0.717) is 17.0 Å². The van der Waals surface area contributed by atoms with Crippen molar-refractivity contribution in [2.45, 2.75) is 6.42 Å². The number of amides is 1. The second-order valence-electron chi connectivity index (χ2n) is 6.38. The minimum Gasteiger partial charge on any atom is -0.436 e. The molecule has 2 N–H and O–H groups in total. The lowest BCUT2D eigenvalue weighted by atomic mass is 10.1. The second-order valence-corrected chi connectivity index (χ2v) is 7.70. The highest BCUT2D eigenvalue weighted by Gasteiger charge is 2.11. The minimum absolute atomic E-state index is 0.173. The summed E-state index contributed by atoms with van der Waals surface area (Å²) in [6.07, 6.45) is 0.265. The van der Waals surface area contributed by atoms with Gasteiger partial charge in [-0.1, -0.05) is 52.3 Å². The number of nitrogens with zero attached hydrogens (tertiary/aromatic N) is 1. The Labute approximate surface area is 181 Å². The molecule has 0 unspecified atom stereocenters. The molecular formula is C22H16BrN3O2S. The normalized spacial score (nSPS) is 10.7. The zero-order valence-electron chi connectivity index (χ0n) is 15.2. The Balaban J connectivity index is 1.44. The summed E-state index contributed by atoms with van der Waals surface area (Å²) >= 11 is 8.71. The summed E-state index contributed by atoms with van der Waals surface area (Å²) in [7, 11) is 0. The number of thiocarbonyl (C=S) groups is 1. The minimum atomic E-state index is -0.173. The molecule has 0 aliphatic heterocycles. The monoisotopic (exact) mass is 465 g/mol. The van der Waals surface area contributed by atoms with E-state index < -0.39 is 0 Å². The molecule has 0 saturated heterocycles. The number of halogens is 1. The van der Waals surface area contributed by atoms with Gasteiger partial charge in [-0.25, -0.2) is 4.98 Å². The summed E-state index contributed by atoms with van der Waals surface area (Å²) in [6.45, 7) is 0. The van der Waals surface area contributed by atoms with Crippen LogP contribution in [0, 0.1) is 0 Å². The largest absolute Gasteiger partial charge is 0.436 e. The quantitative estimate of drug-likeness (QED) is 0.399. The van der Waals surface area contributed by atoms with E-state index in [1.165, 1.54) is 0 Å². The molecule has 3 aromatic carbocycles. The lowest BCUT2D eigenvalue weighted by molar-refractivity contribution is -0.119. The Morgan fingerprint density at radius 2 is 1.86 bits per heavy atom. The summed E-state index contributed by atoms with van der Waals surface area (Å²) in [6, 6.07) is 22.7. The molecule has 4 rings (SSSR count). The molecule has 144 valence electrons. The van der Waals surface area contributed by atoms with Gasteiger partial charge in [-0.05, 0) is 54.2 Å². The van der Waals surface area contributed by atoms with Gasteiger partial charge in [0.1, 0.15) is 5.52 Å². The molecule has 1 aromatic heterocycles. The first-order valence-electron chi connectivity index (χ1n) is 8.88. The van der Waals surface area contributed by atoms with E-state index >= 15 is 0 Å². The van der Waals surface area contributed by atoms with Crippen LogP contribution >= 0.6 is 28.1 Å². The summed E-state index contributed by atoms with van der Waals surface area (Å²) in [4.78, 5) is 16.7. The Hall–Kier alpha value is -3.03. The van der Waals surface area contributed by atoms with Crippen LogP contribution < -0.4 is 10.6 Å². The van der Waals surface area contributed by atoms with Crippen LogP contribution in [0.3, 0.4) is 0 Å². The van der Waals surface area contributed by atoms with Gasteiger partial charge in [-0.2, -0.15) is 0 Å². The standard InChI is InChI=1S/C22H16BrN3O2S/c23-16-8-4-7-15(12-16)21-25-18-13-17(9-10-19(18)28-21)24-22(29)26-20(27)11-14-5-2-1-3-6-14/h1-10,12-13H,11H2,(H2,24,26,27,29). The van der Waals surface area contributed by atoms with Gasteiger partial charge in [0.05, 0.1) is 6.42 Å². The molecule has 0 fully saturated rings. The van der Waals surface area contributed by atoms with Crippen molar-refractivity contribution >= 4 is 56.0 Å². The third-order valence-electron chi connectivity index (χ3n) is 4.18. The van der Waals surface area contributed by atoms with Crippen LogP contribution in [0.15, 0.2) is 81.7 Å². The van der Waals surface area contributed by atoms with Crippen LogP contribution in [-0.2, 0) is 11.2 Å². The number of hydrogen-bond donors (Lipinski definition) is 2. The van der Waals surface area contributed by atoms with Gasteiger partial charge in [0.25, 0.3) is 0 Å². The molecule has 0 aliphatic carbocycles. The number of rotatable bonds is 4. The zero-order chi connectivity index (χ0) is 20.2. The van der Waals surface area contributed by atoms with Crippen molar-refractivity contribution in [3.8, 4) is 11.5 Å². The van der Waals surface area contributed by atoms with Crippen molar-refractivity contribution in [2.24, 2.45) is 0 Å². The number of carbonyl (C=O) groups excluding carboxylic acids is 1. The summed E-state index contributed by atoms with van der Waals surface area (Å²) in [5.41, 5.74) is 3.90. The average molecular weight is 466 g/mol. The highest BCUT2D eigenvalue weighted by atomic mass is 79.9. The van der Waals surface area contributed by atoms with E-state index in [1.807, 2.05) is 72.8 Å². The number of oxazole rings is 1. The maximum absolute atomic E-state index is 12.1. The van der Waals surface area contributed by atoms with Gasteiger partial charge in [-0.15, -0.1) is 0 Å². The molecule has 0 radical (unpaired) electrons. The number of hydrogen-bond acceptors (Lipinski definition) is 4. The van der Waals surface area contributed by atoms with Crippen molar-refractivity contribution in [2.75, 3.05) is 5.32 Å². The fourth-order valence-electron chi connectivity index (χ4n) is 2.86. The lowest BCUT2D eigenvalue weighted by Gasteiger charge is -2.09. The summed E-state index contributed by atoms with van der Waals surface area (Å²) in [5.74, 6) is 0.366. The molecule has 0 bridgehead atoms. The summed E-state index contributed by atoms with van der Waals surface area (Å²) in [5, 5.41) is 5.95. The first-order chi connectivity index (χ1) is 14.1. The highest BCUT2D eigenvalue weighted by Crippen LogP contribution is 2.27. The van der Waals surface area contributed by atoms with Gasteiger partial charge >= 0.3 is 0 Å². The molecule has 1 amide bonds. The Morgan fingerprint density at radius 3 is 2.66 bits per heavy atom. The van der Waals surface area contributed by atoms with Crippen LogP contribution in [-0.4, -0.2) is 16.0 Å². The van der Waals surface area contributed by atoms with Gasteiger partial charge < -0.3 is 15.1 Å². The first-order valence-corrected chi connectivity index (χ1v) is 10.1. The smallest absolute Gasteiger partial charge is 0.230 e. The Kier molecular flexibility index (Phi) is 5.69. The van der Waals surface area contributed by atoms with Gasteiger partial charge in [-0.3, -0.25) is 4.79 Å². The molecule has 0 spiro atoms. The first kappa shape index (κ1) is 19.3. The van der Waals surface area contributed by atoms with E-state index in [2.05, 4.69) is 31.5 Å². The number of nitrogens with one attached hydrogen (secondary N) is 2. The number of aromatic nitrogens is 1. The molecule has 0 saturated carbocycles. The molecular weight excluding hydrogens is 450 g/mol. The SMILES string of the molecule is O=C(Cc1ccccc1)NC(=S)Nc1ccc2oc(-c3cccc(Br)c3)nc2c1. The Bertz CT molecular complexity index is 1190. The van der Waals surface area contributed by atoms with Crippen molar-refractivity contribution < 1.29 is 9.21 Å². The maximum Gasteiger partial charge on any atom is 0.230 e. The molecule has 5 nitrogen and oxygen atoms in total. The number of anilines is 1. The number of benzene rings is 3. The molecule has 1 heterocycles. The lowest BCUT2D eigenvalue weighted by Crippen LogP contribution is -2.35. The van der Waals surface area contributed by atoms with Gasteiger partial charge in [0.15, 0.2) is 10.7 Å². The zero-order valence-corrected chi connectivity index (χ0v) is 17.6. The van der Waals surface area contributed by atoms with Crippen LogP contribution in [0.2, 0.25) is 0 Å². The topological polar surface area (TPSA) is 67.2 Å². The number of carbonyl (C=O) groups is 1. The average Bonchev–Trinajstić information content (AvgIpc) is 3.12. The fourth-order valence-corrected chi connectivity index (χ4v) is 3.50. The van der Waals surface area contributed by atoms with Crippen LogP contribution in [0.4, 0.5) is 5.69 Å². The van der Waals surface area contributed by atoms with E-state index in [9.17, 15) is 4.79 Å². The van der Waals surface area contributed by atoms with Crippen molar-refractivity contribution in [1.29, 1.82) is 0 Å². The maximum atomic E-state index is 12.1. The number of fused-ring (bicyclic) bond motifs is 1. The van der Waals surface area contributed by atoms with E-state index in [0.717, 1.165) is 21.3 Å². The van der Waals surface area contributed by atoms with Gasteiger partial charge in [0, 0.05) is 15.7 Å². The fraction of sp³-hybridized carbons (Fsp3) is 0.0455. The van der Waals surface area contributed by atoms with Crippen molar-refractivity contribution in [3.63, 3.8) is 0 Å². The van der Waals surface area contributed by atoms with Gasteiger partial charge in [0.2, 0.25) is 11.8 Å². The van der Waals surface area contributed by atoms with Crippen molar-refractivity contribution in [3.05, 3.63) is 82.8 Å². The molecule has 4 aromatic rings. The predicted molar refractivity (Wildman–Crippen MR) is 122 cm³/mol. The predicted octanol–water partition coefficient (Wildman–Crippen LogP) is 5.31. The van der Waals surface area contributed by atoms with Crippen LogP contribution in [0.25, 0.3) is 22.6 Å².